The minimum atomic E-state index is -0.188. The lowest BCUT2D eigenvalue weighted by Crippen LogP contribution is -2.21. The Morgan fingerprint density at radius 2 is 1.87 bits per heavy atom. The molecule has 0 atom stereocenters. The second-order valence-electron chi connectivity index (χ2n) is 7.32. The van der Waals surface area contributed by atoms with E-state index in [0.29, 0.717) is 21.7 Å². The Kier molecular flexibility index (Phi) is 4.63. The van der Waals surface area contributed by atoms with Gasteiger partial charge in [0.15, 0.2) is 5.65 Å². The van der Waals surface area contributed by atoms with E-state index in [0.717, 1.165) is 16.9 Å². The summed E-state index contributed by atoms with van der Waals surface area (Å²) in [4.78, 5) is 17.5. The largest absolute Gasteiger partial charge is 0.292 e. The van der Waals surface area contributed by atoms with Gasteiger partial charge < -0.3 is 0 Å². The number of halogens is 1. The fourth-order valence-electron chi connectivity index (χ4n) is 3.48. The van der Waals surface area contributed by atoms with Crippen LogP contribution in [-0.2, 0) is 6.54 Å². The SMILES string of the molecule is Cc1cccc(-n2cc(Cn3cnc4c(cnn4-c4ccc(Cl)cc4)c3=O)nn2)c1C. The Balaban J connectivity index is 1.47. The molecule has 8 nitrogen and oxygen atoms in total. The zero-order chi connectivity index (χ0) is 21.5. The fraction of sp³-hybridized carbons (Fsp3) is 0.136. The number of fused-ring (bicyclic) bond motifs is 1. The molecular weight excluding hydrogens is 414 g/mol. The summed E-state index contributed by atoms with van der Waals surface area (Å²) in [6.45, 7) is 4.37. The summed E-state index contributed by atoms with van der Waals surface area (Å²) in [6.07, 6.45) is 4.87. The number of hydrogen-bond acceptors (Lipinski definition) is 5. The van der Waals surface area contributed by atoms with Gasteiger partial charge in [-0.3, -0.25) is 9.36 Å². The van der Waals surface area contributed by atoms with Crippen molar-refractivity contribution in [1.29, 1.82) is 0 Å². The Labute approximate surface area is 182 Å². The predicted molar refractivity (Wildman–Crippen MR) is 118 cm³/mol. The van der Waals surface area contributed by atoms with Gasteiger partial charge in [-0.2, -0.15) is 5.10 Å². The van der Waals surface area contributed by atoms with Crippen LogP contribution in [0.25, 0.3) is 22.4 Å². The first-order valence-corrected chi connectivity index (χ1v) is 10.1. The highest BCUT2D eigenvalue weighted by Gasteiger charge is 2.13. The maximum Gasteiger partial charge on any atom is 0.264 e. The van der Waals surface area contributed by atoms with Crippen molar-refractivity contribution in [1.82, 2.24) is 34.3 Å². The Morgan fingerprint density at radius 3 is 2.68 bits per heavy atom. The van der Waals surface area contributed by atoms with Crippen LogP contribution in [0.5, 0.6) is 0 Å². The number of hydrogen-bond donors (Lipinski definition) is 0. The highest BCUT2D eigenvalue weighted by atomic mass is 35.5. The van der Waals surface area contributed by atoms with Gasteiger partial charge in [-0.15, -0.1) is 5.10 Å². The molecule has 0 aliphatic carbocycles. The number of nitrogens with zero attached hydrogens (tertiary/aromatic N) is 7. The molecule has 2 aromatic carbocycles. The van der Waals surface area contributed by atoms with E-state index in [9.17, 15) is 4.79 Å². The Hall–Kier alpha value is -3.78. The van der Waals surface area contributed by atoms with Crippen LogP contribution >= 0.6 is 11.6 Å². The van der Waals surface area contributed by atoms with Gasteiger partial charge in [0.1, 0.15) is 17.4 Å². The lowest BCUT2D eigenvalue weighted by molar-refractivity contribution is 0.720. The van der Waals surface area contributed by atoms with E-state index in [1.54, 1.807) is 21.5 Å². The molecule has 0 fully saturated rings. The lowest BCUT2D eigenvalue weighted by Gasteiger charge is -2.07. The van der Waals surface area contributed by atoms with Crippen molar-refractivity contribution in [2.75, 3.05) is 0 Å². The first kappa shape index (κ1) is 19.2. The number of aromatic nitrogens is 7. The first-order chi connectivity index (χ1) is 15.0. The van der Waals surface area contributed by atoms with Crippen molar-refractivity contribution in [3.8, 4) is 11.4 Å². The standard InChI is InChI=1S/C22H18ClN7O/c1-14-4-3-5-20(15(14)2)29-12-17(26-27-29)11-28-13-24-21-19(22(28)31)10-25-30(21)18-8-6-16(23)7-9-18/h3-10,12-13H,11H2,1-2H3. The Morgan fingerprint density at radius 1 is 1.06 bits per heavy atom. The van der Waals surface area contributed by atoms with Crippen LogP contribution in [0.2, 0.25) is 5.02 Å². The van der Waals surface area contributed by atoms with Gasteiger partial charge in [-0.25, -0.2) is 14.3 Å². The molecule has 3 aromatic heterocycles. The fourth-order valence-corrected chi connectivity index (χ4v) is 3.61. The minimum Gasteiger partial charge on any atom is -0.292 e. The van der Waals surface area contributed by atoms with Gasteiger partial charge in [0.2, 0.25) is 0 Å². The third-order valence-electron chi connectivity index (χ3n) is 5.32. The van der Waals surface area contributed by atoms with Crippen molar-refractivity contribution in [3.05, 3.63) is 93.4 Å². The quantitative estimate of drug-likeness (QED) is 0.435. The van der Waals surface area contributed by atoms with E-state index in [-0.39, 0.29) is 12.1 Å². The van der Waals surface area contributed by atoms with Crippen molar-refractivity contribution >= 4 is 22.6 Å². The smallest absolute Gasteiger partial charge is 0.264 e. The van der Waals surface area contributed by atoms with E-state index in [2.05, 4.69) is 33.4 Å². The Bertz CT molecular complexity index is 1460. The summed E-state index contributed by atoms with van der Waals surface area (Å²) in [5, 5.41) is 13.9. The summed E-state index contributed by atoms with van der Waals surface area (Å²) in [7, 11) is 0. The lowest BCUT2D eigenvalue weighted by atomic mass is 10.1. The van der Waals surface area contributed by atoms with Gasteiger partial charge in [0.05, 0.1) is 30.3 Å². The summed E-state index contributed by atoms with van der Waals surface area (Å²) in [6, 6.07) is 13.2. The molecule has 0 unspecified atom stereocenters. The van der Waals surface area contributed by atoms with Crippen molar-refractivity contribution in [2.45, 2.75) is 20.4 Å². The average molecular weight is 432 g/mol. The number of aryl methyl sites for hydroxylation is 1. The highest BCUT2D eigenvalue weighted by molar-refractivity contribution is 6.30. The highest BCUT2D eigenvalue weighted by Crippen LogP contribution is 2.18. The van der Waals surface area contributed by atoms with Crippen molar-refractivity contribution in [2.24, 2.45) is 0 Å². The summed E-state index contributed by atoms with van der Waals surface area (Å²) >= 11 is 5.96. The van der Waals surface area contributed by atoms with Crippen LogP contribution in [0.3, 0.4) is 0 Å². The molecule has 0 aliphatic heterocycles. The van der Waals surface area contributed by atoms with E-state index in [4.69, 9.17) is 11.6 Å². The maximum absolute atomic E-state index is 13.0. The summed E-state index contributed by atoms with van der Waals surface area (Å²) in [5.41, 5.74) is 5.01. The van der Waals surface area contributed by atoms with E-state index >= 15 is 0 Å². The molecule has 0 aliphatic rings. The van der Waals surface area contributed by atoms with Gasteiger partial charge >= 0.3 is 0 Å². The van der Waals surface area contributed by atoms with Crippen LogP contribution in [-0.4, -0.2) is 34.3 Å². The first-order valence-electron chi connectivity index (χ1n) is 9.68. The van der Waals surface area contributed by atoms with Gasteiger partial charge in [-0.05, 0) is 55.3 Å². The van der Waals surface area contributed by atoms with Gasteiger partial charge in [-0.1, -0.05) is 28.9 Å². The van der Waals surface area contributed by atoms with E-state index < -0.39 is 0 Å². The molecule has 3 heterocycles. The summed E-state index contributed by atoms with van der Waals surface area (Å²) < 4.78 is 4.86. The topological polar surface area (TPSA) is 83.4 Å². The molecule has 5 rings (SSSR count). The summed E-state index contributed by atoms with van der Waals surface area (Å²) in [5.74, 6) is 0. The number of rotatable bonds is 4. The monoisotopic (exact) mass is 431 g/mol. The zero-order valence-corrected chi connectivity index (χ0v) is 17.7. The van der Waals surface area contributed by atoms with E-state index in [1.807, 2.05) is 37.4 Å². The second kappa shape index (κ2) is 7.48. The third-order valence-corrected chi connectivity index (χ3v) is 5.57. The molecule has 0 N–H and O–H groups in total. The van der Waals surface area contributed by atoms with Crippen LogP contribution in [0.1, 0.15) is 16.8 Å². The van der Waals surface area contributed by atoms with Crippen LogP contribution in [0.4, 0.5) is 0 Å². The van der Waals surface area contributed by atoms with Crippen LogP contribution in [0.15, 0.2) is 66.0 Å². The minimum absolute atomic E-state index is 0.188. The molecule has 0 radical (unpaired) electrons. The van der Waals surface area contributed by atoms with Crippen molar-refractivity contribution < 1.29 is 0 Å². The molecule has 0 amide bonds. The molecule has 5 aromatic rings. The maximum atomic E-state index is 13.0. The van der Waals surface area contributed by atoms with Crippen LogP contribution < -0.4 is 5.56 Å². The molecule has 9 heteroatoms. The van der Waals surface area contributed by atoms with Crippen molar-refractivity contribution in [3.63, 3.8) is 0 Å². The van der Waals surface area contributed by atoms with E-state index in [1.165, 1.54) is 22.7 Å². The average Bonchev–Trinajstić information content (AvgIpc) is 3.40. The molecular formula is C22H18ClN7O. The molecule has 0 bridgehead atoms. The zero-order valence-electron chi connectivity index (χ0n) is 16.9. The third kappa shape index (κ3) is 3.40. The molecule has 0 saturated carbocycles. The number of benzene rings is 2. The molecule has 0 saturated heterocycles. The predicted octanol–water partition coefficient (Wildman–Crippen LogP) is 3.48. The van der Waals surface area contributed by atoms with Gasteiger partial charge in [0.25, 0.3) is 5.56 Å². The molecule has 31 heavy (non-hydrogen) atoms. The normalized spacial score (nSPS) is 11.3. The van der Waals surface area contributed by atoms with Crippen LogP contribution in [0, 0.1) is 13.8 Å². The second-order valence-corrected chi connectivity index (χ2v) is 7.76. The van der Waals surface area contributed by atoms with Gasteiger partial charge in [0, 0.05) is 5.02 Å². The molecule has 0 spiro atoms. The molecule has 154 valence electrons.